The van der Waals surface area contributed by atoms with E-state index in [9.17, 15) is 15.0 Å². The van der Waals surface area contributed by atoms with Crippen LogP contribution in [-0.4, -0.2) is 34.5 Å². The first-order chi connectivity index (χ1) is 11.6. The van der Waals surface area contributed by atoms with Crippen LogP contribution < -0.4 is 0 Å². The molecule has 4 nitrogen and oxygen atoms in total. The van der Waals surface area contributed by atoms with Crippen LogP contribution in [0.5, 0.6) is 0 Å². The van der Waals surface area contributed by atoms with Gasteiger partial charge in [0.15, 0.2) is 0 Å². The Balaban J connectivity index is 1.99. The van der Waals surface area contributed by atoms with Crippen LogP contribution in [0.2, 0.25) is 0 Å². The lowest BCUT2D eigenvalue weighted by molar-refractivity contribution is -0.151. The quantitative estimate of drug-likeness (QED) is 0.442. The molecule has 2 rings (SSSR count). The molecule has 136 valence electrons. The van der Waals surface area contributed by atoms with Crippen molar-refractivity contribution in [3.63, 3.8) is 0 Å². The van der Waals surface area contributed by atoms with Crippen LogP contribution in [0, 0.1) is 11.8 Å². The number of esters is 1. The van der Waals surface area contributed by atoms with E-state index < -0.39 is 12.2 Å². The molecule has 0 aromatic carbocycles. The van der Waals surface area contributed by atoms with E-state index in [1.165, 1.54) is 0 Å². The normalized spacial score (nSPS) is 33.9. The summed E-state index contributed by atoms with van der Waals surface area (Å²) in [6.45, 7) is 2.14. The maximum atomic E-state index is 11.9. The molecule has 1 aliphatic heterocycles. The lowest BCUT2D eigenvalue weighted by atomic mass is 9.89. The second-order valence-corrected chi connectivity index (χ2v) is 7.12. The first-order valence-electron chi connectivity index (χ1n) is 9.50. The summed E-state index contributed by atoms with van der Waals surface area (Å²) in [4.78, 5) is 11.9. The van der Waals surface area contributed by atoms with Gasteiger partial charge in [-0.3, -0.25) is 4.79 Å². The van der Waals surface area contributed by atoms with Crippen molar-refractivity contribution in [2.45, 2.75) is 83.0 Å². The van der Waals surface area contributed by atoms with Gasteiger partial charge in [0.05, 0.1) is 12.2 Å². The van der Waals surface area contributed by atoms with Crippen molar-refractivity contribution >= 4 is 5.97 Å². The standard InChI is InChI=1S/C20H32O4/c1-2-3-6-9-15(21)12-13-16-17-10-7-4-5-8-11-20(23)24-19(17)14-18(16)22/h4,7,12-13,15-19,21-22H,2-3,5-6,8-11,14H2,1H3/b7-4-,13-12+/t15-,16+,17+,18+,19-/m0/s1. The molecule has 1 fully saturated rings. The first kappa shape index (κ1) is 19.2. The van der Waals surface area contributed by atoms with E-state index in [-0.39, 0.29) is 23.9 Å². The summed E-state index contributed by atoms with van der Waals surface area (Å²) in [5.74, 6) is -0.123. The Bertz CT molecular complexity index is 443. The molecule has 2 N–H and O–H groups in total. The maximum absolute atomic E-state index is 11.9. The van der Waals surface area contributed by atoms with Crippen molar-refractivity contribution in [1.82, 2.24) is 0 Å². The van der Waals surface area contributed by atoms with Crippen LogP contribution in [0.15, 0.2) is 24.3 Å². The first-order valence-corrected chi connectivity index (χ1v) is 9.50. The smallest absolute Gasteiger partial charge is 0.306 e. The second kappa shape index (κ2) is 10.00. The Kier molecular flexibility index (Phi) is 8.00. The highest BCUT2D eigenvalue weighted by atomic mass is 16.5. The highest BCUT2D eigenvalue weighted by Crippen LogP contribution is 2.38. The topological polar surface area (TPSA) is 66.8 Å². The lowest BCUT2D eigenvalue weighted by Gasteiger charge is -2.23. The number of carbonyl (C=O) groups excluding carboxylic acids is 1. The number of allylic oxidation sites excluding steroid dienone is 2. The predicted molar refractivity (Wildman–Crippen MR) is 94.4 cm³/mol. The van der Waals surface area contributed by atoms with Gasteiger partial charge in [-0.2, -0.15) is 0 Å². The fourth-order valence-electron chi connectivity index (χ4n) is 3.74. The maximum Gasteiger partial charge on any atom is 0.306 e. The van der Waals surface area contributed by atoms with Gasteiger partial charge in [0, 0.05) is 24.7 Å². The van der Waals surface area contributed by atoms with E-state index in [2.05, 4.69) is 19.1 Å². The van der Waals surface area contributed by atoms with E-state index in [1.54, 1.807) is 0 Å². The van der Waals surface area contributed by atoms with Crippen LogP contribution >= 0.6 is 0 Å². The number of hydrogen-bond acceptors (Lipinski definition) is 4. The number of carbonyl (C=O) groups is 1. The van der Waals surface area contributed by atoms with E-state index in [4.69, 9.17) is 4.74 Å². The number of unbranched alkanes of at least 4 members (excludes halogenated alkanes) is 2. The van der Waals surface area contributed by atoms with Gasteiger partial charge in [-0.15, -0.1) is 0 Å². The molecule has 5 atom stereocenters. The van der Waals surface area contributed by atoms with E-state index in [0.29, 0.717) is 12.8 Å². The molecule has 0 radical (unpaired) electrons. The minimum absolute atomic E-state index is 0.0623. The molecule has 0 amide bonds. The number of hydrogen-bond donors (Lipinski definition) is 2. The third-order valence-corrected chi connectivity index (χ3v) is 5.16. The van der Waals surface area contributed by atoms with Crippen molar-refractivity contribution in [2.24, 2.45) is 11.8 Å². The molecule has 1 heterocycles. The van der Waals surface area contributed by atoms with Crippen LogP contribution in [0.3, 0.4) is 0 Å². The van der Waals surface area contributed by atoms with Gasteiger partial charge in [0.2, 0.25) is 0 Å². The van der Waals surface area contributed by atoms with Crippen molar-refractivity contribution in [3.05, 3.63) is 24.3 Å². The average Bonchev–Trinajstić information content (AvgIpc) is 2.84. The Labute approximate surface area is 145 Å². The van der Waals surface area contributed by atoms with Crippen LogP contribution in [0.4, 0.5) is 0 Å². The number of ether oxygens (including phenoxy) is 1. The summed E-state index contributed by atoms with van der Waals surface area (Å²) in [7, 11) is 0. The van der Waals surface area contributed by atoms with Gasteiger partial charge >= 0.3 is 5.97 Å². The van der Waals surface area contributed by atoms with E-state index in [1.807, 2.05) is 12.2 Å². The Morgan fingerprint density at radius 3 is 3.00 bits per heavy atom. The summed E-state index contributed by atoms with van der Waals surface area (Å²) in [6, 6.07) is 0. The molecule has 1 saturated carbocycles. The number of aliphatic hydroxyl groups excluding tert-OH is 2. The lowest BCUT2D eigenvalue weighted by Crippen LogP contribution is -2.25. The fraction of sp³-hybridized carbons (Fsp3) is 0.750. The van der Waals surface area contributed by atoms with Crippen molar-refractivity contribution < 1.29 is 19.7 Å². The molecule has 0 aromatic heterocycles. The molecule has 0 saturated heterocycles. The molecular formula is C20H32O4. The number of fused-ring (bicyclic) bond motifs is 1. The highest BCUT2D eigenvalue weighted by molar-refractivity contribution is 5.69. The predicted octanol–water partition coefficient (Wildman–Crippen LogP) is 3.52. The number of rotatable bonds is 6. The zero-order valence-electron chi connectivity index (χ0n) is 14.8. The molecular weight excluding hydrogens is 304 g/mol. The van der Waals surface area contributed by atoms with Gasteiger partial charge in [-0.05, 0) is 25.7 Å². The third-order valence-electron chi connectivity index (χ3n) is 5.16. The Morgan fingerprint density at radius 2 is 2.21 bits per heavy atom. The van der Waals surface area contributed by atoms with E-state index >= 15 is 0 Å². The van der Waals surface area contributed by atoms with Crippen molar-refractivity contribution in [3.8, 4) is 0 Å². The largest absolute Gasteiger partial charge is 0.462 e. The van der Waals surface area contributed by atoms with Crippen molar-refractivity contribution in [2.75, 3.05) is 0 Å². The minimum Gasteiger partial charge on any atom is -0.462 e. The molecule has 4 heteroatoms. The van der Waals surface area contributed by atoms with Gasteiger partial charge in [0.1, 0.15) is 6.10 Å². The SMILES string of the molecule is CCCCC[C@H](O)/C=C/[C@@H]1[C@H]2C/C=C\CCCC(=O)O[C@H]2C[C@H]1O. The second-order valence-electron chi connectivity index (χ2n) is 7.12. The number of aliphatic hydroxyl groups is 2. The summed E-state index contributed by atoms with van der Waals surface area (Å²) < 4.78 is 5.61. The van der Waals surface area contributed by atoms with Gasteiger partial charge in [0.25, 0.3) is 0 Å². The zero-order chi connectivity index (χ0) is 17.4. The molecule has 1 aliphatic carbocycles. The van der Waals surface area contributed by atoms with Gasteiger partial charge in [-0.1, -0.05) is 50.5 Å². The van der Waals surface area contributed by atoms with Gasteiger partial charge < -0.3 is 14.9 Å². The van der Waals surface area contributed by atoms with Crippen molar-refractivity contribution in [1.29, 1.82) is 0 Å². The zero-order valence-corrected chi connectivity index (χ0v) is 14.8. The summed E-state index contributed by atoms with van der Waals surface area (Å²) in [6.07, 6.45) is 14.3. The summed E-state index contributed by atoms with van der Waals surface area (Å²) in [5.41, 5.74) is 0. The summed E-state index contributed by atoms with van der Waals surface area (Å²) >= 11 is 0. The Hall–Kier alpha value is -1.13. The Morgan fingerprint density at radius 1 is 1.38 bits per heavy atom. The molecule has 2 aliphatic rings. The van der Waals surface area contributed by atoms with Gasteiger partial charge in [-0.25, -0.2) is 0 Å². The van der Waals surface area contributed by atoms with E-state index in [0.717, 1.165) is 44.9 Å². The van der Waals surface area contributed by atoms with Crippen LogP contribution in [0.1, 0.15) is 64.7 Å². The molecule has 0 spiro atoms. The third kappa shape index (κ3) is 5.75. The summed E-state index contributed by atoms with van der Waals surface area (Å²) in [5, 5.41) is 20.5. The molecule has 0 aromatic rings. The minimum atomic E-state index is -0.513. The molecule has 24 heavy (non-hydrogen) atoms. The van der Waals surface area contributed by atoms with Crippen LogP contribution in [-0.2, 0) is 9.53 Å². The average molecular weight is 336 g/mol. The van der Waals surface area contributed by atoms with Crippen LogP contribution in [0.25, 0.3) is 0 Å². The highest BCUT2D eigenvalue weighted by Gasteiger charge is 2.42. The fourth-order valence-corrected chi connectivity index (χ4v) is 3.74. The monoisotopic (exact) mass is 336 g/mol. The molecule has 0 bridgehead atoms. The molecule has 0 unspecified atom stereocenters.